The zero-order valence-corrected chi connectivity index (χ0v) is 11.2. The van der Waals surface area contributed by atoms with E-state index in [0.29, 0.717) is 17.0 Å². The number of aromatic amines is 1. The maximum absolute atomic E-state index is 12.6. The molecule has 0 radical (unpaired) electrons. The van der Waals surface area contributed by atoms with Crippen molar-refractivity contribution in [2.24, 2.45) is 0 Å². The van der Waals surface area contributed by atoms with E-state index in [0.717, 1.165) is 11.1 Å². The minimum absolute atomic E-state index is 0.115. The van der Waals surface area contributed by atoms with E-state index < -0.39 is 0 Å². The van der Waals surface area contributed by atoms with Crippen LogP contribution in [0.1, 0.15) is 21.7 Å². The molecule has 0 saturated carbocycles. The summed E-state index contributed by atoms with van der Waals surface area (Å²) in [6.07, 6.45) is 0. The highest BCUT2D eigenvalue weighted by Gasteiger charge is 2.18. The number of carbonyl (C=O) groups excluding carboxylic acids is 1. The smallest absolute Gasteiger partial charge is 0.209 e. The molecular formula is C18H12N2O. The molecule has 0 aliphatic heterocycles. The zero-order chi connectivity index (χ0) is 14.7. The molecule has 3 nitrogen and oxygen atoms in total. The number of hydrogen-bond acceptors (Lipinski definition) is 2. The highest BCUT2D eigenvalue weighted by Crippen LogP contribution is 2.26. The lowest BCUT2D eigenvalue weighted by Gasteiger charge is -2.03. The van der Waals surface area contributed by atoms with Crippen LogP contribution in [0.4, 0.5) is 0 Å². The number of hydrogen-bond donors (Lipinski definition) is 1. The Hall–Kier alpha value is -3.12. The molecule has 3 aromatic rings. The van der Waals surface area contributed by atoms with Gasteiger partial charge < -0.3 is 4.98 Å². The van der Waals surface area contributed by atoms with Crippen LogP contribution in [0.3, 0.4) is 0 Å². The lowest BCUT2D eigenvalue weighted by Crippen LogP contribution is -2.03. The first-order chi connectivity index (χ1) is 10.3. The first-order valence-corrected chi connectivity index (χ1v) is 6.58. The Morgan fingerprint density at radius 1 is 0.952 bits per heavy atom. The van der Waals surface area contributed by atoms with Gasteiger partial charge in [-0.1, -0.05) is 60.7 Å². The Morgan fingerprint density at radius 3 is 2.19 bits per heavy atom. The van der Waals surface area contributed by atoms with Crippen LogP contribution >= 0.6 is 0 Å². The summed E-state index contributed by atoms with van der Waals surface area (Å²) in [5.74, 6) is -0.115. The number of H-pyrrole nitrogens is 1. The Bertz CT molecular complexity index is 811. The monoisotopic (exact) mass is 272 g/mol. The van der Waals surface area contributed by atoms with Gasteiger partial charge in [0.15, 0.2) is 0 Å². The molecule has 0 bridgehead atoms. The second kappa shape index (κ2) is 5.48. The summed E-state index contributed by atoms with van der Waals surface area (Å²) in [4.78, 5) is 15.5. The molecule has 2 aromatic carbocycles. The van der Waals surface area contributed by atoms with Crippen LogP contribution in [-0.2, 0) is 0 Å². The van der Waals surface area contributed by atoms with Crippen molar-refractivity contribution in [2.45, 2.75) is 0 Å². The maximum Gasteiger partial charge on any atom is 0.209 e. The lowest BCUT2D eigenvalue weighted by molar-refractivity contribution is 0.103. The second-order valence-corrected chi connectivity index (χ2v) is 4.64. The van der Waals surface area contributed by atoms with Crippen molar-refractivity contribution in [1.82, 2.24) is 4.98 Å². The quantitative estimate of drug-likeness (QED) is 0.737. The number of nitrogens with zero attached hydrogens (tertiary/aromatic N) is 1. The number of aromatic nitrogens is 1. The van der Waals surface area contributed by atoms with Gasteiger partial charge in [0.1, 0.15) is 11.8 Å². The van der Waals surface area contributed by atoms with E-state index >= 15 is 0 Å². The van der Waals surface area contributed by atoms with Crippen molar-refractivity contribution < 1.29 is 4.79 Å². The third-order valence-corrected chi connectivity index (χ3v) is 3.29. The molecule has 1 aromatic heterocycles. The van der Waals surface area contributed by atoms with Gasteiger partial charge in [-0.2, -0.15) is 5.26 Å². The number of nitrogens with one attached hydrogen (secondary N) is 1. The molecule has 1 heterocycles. The fourth-order valence-corrected chi connectivity index (χ4v) is 2.27. The number of benzene rings is 2. The van der Waals surface area contributed by atoms with Crippen LogP contribution in [0, 0.1) is 11.3 Å². The number of rotatable bonds is 3. The van der Waals surface area contributed by atoms with Gasteiger partial charge in [-0.3, -0.25) is 4.79 Å². The van der Waals surface area contributed by atoms with Crippen LogP contribution in [0.5, 0.6) is 0 Å². The summed E-state index contributed by atoms with van der Waals surface area (Å²) in [5, 5.41) is 9.08. The Labute approximate surface area is 122 Å². The van der Waals surface area contributed by atoms with Crippen LogP contribution in [0.15, 0.2) is 66.7 Å². The summed E-state index contributed by atoms with van der Waals surface area (Å²) in [6.45, 7) is 0. The first kappa shape index (κ1) is 12.9. The van der Waals surface area contributed by atoms with Gasteiger partial charge in [0, 0.05) is 11.1 Å². The highest BCUT2D eigenvalue weighted by atomic mass is 16.1. The molecule has 1 N–H and O–H groups in total. The predicted molar refractivity (Wildman–Crippen MR) is 80.8 cm³/mol. The average molecular weight is 272 g/mol. The van der Waals surface area contributed by atoms with Gasteiger partial charge >= 0.3 is 0 Å². The summed E-state index contributed by atoms with van der Waals surface area (Å²) >= 11 is 0. The molecule has 0 saturated heterocycles. The summed E-state index contributed by atoms with van der Waals surface area (Å²) < 4.78 is 0. The summed E-state index contributed by atoms with van der Waals surface area (Å²) in [7, 11) is 0. The van der Waals surface area contributed by atoms with E-state index in [1.54, 1.807) is 18.2 Å². The normalized spacial score (nSPS) is 10.0. The largest absolute Gasteiger partial charge is 0.343 e. The Kier molecular flexibility index (Phi) is 3.36. The molecule has 100 valence electrons. The van der Waals surface area contributed by atoms with Gasteiger partial charge in [0.25, 0.3) is 0 Å². The Morgan fingerprint density at radius 2 is 1.57 bits per heavy atom. The molecule has 3 rings (SSSR count). The van der Waals surface area contributed by atoms with E-state index in [1.165, 1.54) is 0 Å². The molecule has 0 aliphatic rings. The number of nitriles is 1. The van der Waals surface area contributed by atoms with Crippen LogP contribution in [0.2, 0.25) is 0 Å². The average Bonchev–Trinajstić information content (AvgIpc) is 3.00. The van der Waals surface area contributed by atoms with Gasteiger partial charge in [-0.25, -0.2) is 0 Å². The molecule has 0 fully saturated rings. The molecule has 21 heavy (non-hydrogen) atoms. The third-order valence-electron chi connectivity index (χ3n) is 3.29. The van der Waals surface area contributed by atoms with Gasteiger partial charge in [-0.15, -0.1) is 0 Å². The molecule has 0 aliphatic carbocycles. The standard InChI is InChI=1S/C18H12N2O/c19-12-15-11-16(13-7-3-1-4-8-13)17(20-15)18(21)14-9-5-2-6-10-14/h1-11,20H. The van der Waals surface area contributed by atoms with Gasteiger partial charge in [0.2, 0.25) is 5.78 Å². The highest BCUT2D eigenvalue weighted by molar-refractivity contribution is 6.11. The minimum atomic E-state index is -0.115. The molecule has 3 heteroatoms. The third kappa shape index (κ3) is 2.47. The van der Waals surface area contributed by atoms with Crippen LogP contribution in [0.25, 0.3) is 11.1 Å². The van der Waals surface area contributed by atoms with Crippen molar-refractivity contribution in [3.05, 3.63) is 83.7 Å². The molecule has 0 amide bonds. The second-order valence-electron chi connectivity index (χ2n) is 4.64. The maximum atomic E-state index is 12.6. The van der Waals surface area contributed by atoms with E-state index in [4.69, 9.17) is 5.26 Å². The molecule has 0 atom stereocenters. The fourth-order valence-electron chi connectivity index (χ4n) is 2.27. The van der Waals surface area contributed by atoms with Crippen molar-refractivity contribution in [2.75, 3.05) is 0 Å². The van der Waals surface area contributed by atoms with Crippen LogP contribution < -0.4 is 0 Å². The minimum Gasteiger partial charge on any atom is -0.343 e. The van der Waals surface area contributed by atoms with Crippen LogP contribution in [-0.4, -0.2) is 10.8 Å². The van der Waals surface area contributed by atoms with E-state index in [2.05, 4.69) is 11.1 Å². The van der Waals surface area contributed by atoms with Crippen molar-refractivity contribution in [3.63, 3.8) is 0 Å². The lowest BCUT2D eigenvalue weighted by atomic mass is 10.0. The fraction of sp³-hybridized carbons (Fsp3) is 0. The van der Waals surface area contributed by atoms with E-state index in [-0.39, 0.29) is 5.78 Å². The molecular weight excluding hydrogens is 260 g/mol. The Balaban J connectivity index is 2.13. The molecule has 0 spiro atoms. The topological polar surface area (TPSA) is 56.6 Å². The first-order valence-electron chi connectivity index (χ1n) is 6.58. The summed E-state index contributed by atoms with van der Waals surface area (Å²) in [6, 6.07) is 22.4. The molecule has 0 unspecified atom stereocenters. The SMILES string of the molecule is N#Cc1cc(-c2ccccc2)c(C(=O)c2ccccc2)[nH]1. The van der Waals surface area contributed by atoms with E-state index in [1.807, 2.05) is 48.5 Å². The number of carbonyl (C=O) groups is 1. The zero-order valence-electron chi connectivity index (χ0n) is 11.2. The summed E-state index contributed by atoms with van der Waals surface area (Å²) in [5.41, 5.74) is 3.09. The van der Waals surface area contributed by atoms with Gasteiger partial charge in [0.05, 0.1) is 5.69 Å². The van der Waals surface area contributed by atoms with Crippen molar-refractivity contribution >= 4 is 5.78 Å². The van der Waals surface area contributed by atoms with E-state index in [9.17, 15) is 4.79 Å². The number of ketones is 1. The predicted octanol–water partition coefficient (Wildman–Crippen LogP) is 3.78. The van der Waals surface area contributed by atoms with Crippen molar-refractivity contribution in [3.8, 4) is 17.2 Å². The van der Waals surface area contributed by atoms with Crippen molar-refractivity contribution in [1.29, 1.82) is 5.26 Å². The van der Waals surface area contributed by atoms with Gasteiger partial charge in [-0.05, 0) is 11.6 Å².